The minimum absolute atomic E-state index is 0.0361. The maximum absolute atomic E-state index is 13.1. The molecule has 0 bridgehead atoms. The summed E-state index contributed by atoms with van der Waals surface area (Å²) in [5.41, 5.74) is 0.863. The van der Waals surface area contributed by atoms with Crippen molar-refractivity contribution in [3.63, 3.8) is 0 Å². The summed E-state index contributed by atoms with van der Waals surface area (Å²) in [7, 11) is 1.48. The molecule has 3 amide bonds. The first-order valence-electron chi connectivity index (χ1n) is 10.5. The van der Waals surface area contributed by atoms with Crippen molar-refractivity contribution in [3.8, 4) is 0 Å². The second-order valence-electron chi connectivity index (χ2n) is 8.20. The number of hydrogen-bond donors (Lipinski definition) is 4. The molecule has 0 spiro atoms. The van der Waals surface area contributed by atoms with E-state index in [1.807, 2.05) is 44.2 Å². The van der Waals surface area contributed by atoms with Crippen molar-refractivity contribution >= 4 is 41.9 Å². The predicted molar refractivity (Wildman–Crippen MR) is 125 cm³/mol. The van der Waals surface area contributed by atoms with Crippen LogP contribution in [0.5, 0.6) is 0 Å². The van der Waals surface area contributed by atoms with E-state index in [0.717, 1.165) is 5.56 Å². The fourth-order valence-electron chi connectivity index (χ4n) is 3.26. The van der Waals surface area contributed by atoms with E-state index < -0.39 is 46.6 Å². The Bertz CT molecular complexity index is 828. The van der Waals surface area contributed by atoms with E-state index in [0.29, 0.717) is 0 Å². The highest BCUT2D eigenvalue weighted by atomic mass is 32.1. The molecule has 9 heteroatoms. The molecule has 4 atom stereocenters. The number of Topliss-reactive ketones (excluding diaryl/α,β-unsaturated/α-hetero) is 2. The van der Waals surface area contributed by atoms with Crippen LogP contribution in [0.3, 0.4) is 0 Å². The summed E-state index contributed by atoms with van der Waals surface area (Å²) in [5.74, 6) is -3.87. The van der Waals surface area contributed by atoms with Gasteiger partial charge >= 0.3 is 0 Å². The van der Waals surface area contributed by atoms with Gasteiger partial charge in [-0.2, -0.15) is 12.6 Å². The van der Waals surface area contributed by atoms with Crippen LogP contribution in [-0.2, 0) is 30.4 Å². The first-order chi connectivity index (χ1) is 15.0. The van der Waals surface area contributed by atoms with E-state index in [1.165, 1.54) is 20.9 Å². The monoisotopic (exact) mass is 463 g/mol. The summed E-state index contributed by atoms with van der Waals surface area (Å²) in [6.07, 6.45) is 0.555. The quantitative estimate of drug-likeness (QED) is 0.273. The zero-order valence-corrected chi connectivity index (χ0v) is 20.1. The van der Waals surface area contributed by atoms with E-state index in [9.17, 15) is 24.0 Å². The van der Waals surface area contributed by atoms with E-state index in [4.69, 9.17) is 0 Å². The molecule has 0 saturated carbocycles. The Hall–Kier alpha value is -2.68. The molecule has 32 heavy (non-hydrogen) atoms. The summed E-state index contributed by atoms with van der Waals surface area (Å²) < 4.78 is 0. The third-order valence-corrected chi connectivity index (χ3v) is 5.62. The van der Waals surface area contributed by atoms with Gasteiger partial charge in [0, 0.05) is 13.5 Å². The Morgan fingerprint density at radius 2 is 1.41 bits per heavy atom. The van der Waals surface area contributed by atoms with Gasteiger partial charge in [-0.05, 0) is 31.7 Å². The Kier molecular flexibility index (Phi) is 11.1. The molecular weight excluding hydrogens is 430 g/mol. The van der Waals surface area contributed by atoms with Crippen LogP contribution in [0.2, 0.25) is 0 Å². The highest BCUT2D eigenvalue weighted by molar-refractivity contribution is 7.81. The fraction of sp³-hybridized carbons (Fsp3) is 0.522. The third-order valence-electron chi connectivity index (χ3n) is 4.95. The Morgan fingerprint density at radius 1 is 0.844 bits per heavy atom. The van der Waals surface area contributed by atoms with Gasteiger partial charge < -0.3 is 16.0 Å². The van der Waals surface area contributed by atoms with Gasteiger partial charge in [-0.15, -0.1) is 0 Å². The number of thiol groups is 1. The Labute approximate surface area is 194 Å². The lowest BCUT2D eigenvalue weighted by Gasteiger charge is -2.26. The van der Waals surface area contributed by atoms with Crippen molar-refractivity contribution in [2.75, 3.05) is 7.05 Å². The largest absolute Gasteiger partial charge is 0.357 e. The first kappa shape index (κ1) is 27.4. The molecular formula is C23H33N3O5S. The highest BCUT2D eigenvalue weighted by Crippen LogP contribution is 2.15. The molecule has 0 aliphatic carbocycles. The van der Waals surface area contributed by atoms with Crippen LogP contribution in [0.1, 0.15) is 39.7 Å². The van der Waals surface area contributed by atoms with Gasteiger partial charge in [-0.1, -0.05) is 44.2 Å². The van der Waals surface area contributed by atoms with Gasteiger partial charge in [0.05, 0.1) is 5.25 Å². The lowest BCUT2D eigenvalue weighted by Crippen LogP contribution is -2.56. The number of likely N-dealkylation sites (N-methyl/N-ethyl adjacent to an activating group) is 1. The lowest BCUT2D eigenvalue weighted by atomic mass is 9.95. The number of rotatable bonds is 12. The molecule has 1 aromatic carbocycles. The van der Waals surface area contributed by atoms with E-state index in [1.54, 1.807) is 0 Å². The number of amides is 3. The van der Waals surface area contributed by atoms with Crippen LogP contribution < -0.4 is 16.0 Å². The molecule has 0 aliphatic heterocycles. The average Bonchev–Trinajstić information content (AvgIpc) is 2.72. The number of ketones is 2. The zero-order valence-electron chi connectivity index (χ0n) is 19.2. The molecule has 0 saturated heterocycles. The van der Waals surface area contributed by atoms with E-state index >= 15 is 0 Å². The number of nitrogens with one attached hydrogen (secondary N) is 3. The SMILES string of the molecule is CNC(=O)[C@H](Cc1ccccc1)NC(=O)[C@H](CC(C)C)NC(=O)C(C(C)=O)C(S)C(C)=O. The van der Waals surface area contributed by atoms with Crippen LogP contribution in [0.25, 0.3) is 0 Å². The normalized spacial score (nSPS) is 14.6. The molecule has 0 heterocycles. The predicted octanol–water partition coefficient (Wildman–Crippen LogP) is 1.08. The van der Waals surface area contributed by atoms with Crippen molar-refractivity contribution in [1.82, 2.24) is 16.0 Å². The lowest BCUT2D eigenvalue weighted by molar-refractivity contribution is -0.138. The van der Waals surface area contributed by atoms with Crippen molar-refractivity contribution in [3.05, 3.63) is 35.9 Å². The number of benzene rings is 1. The standard InChI is InChI=1S/C23H33N3O5S/c1-13(2)11-17(26-23(31)19(14(3)27)20(32)15(4)28)22(30)25-18(21(29)24-5)12-16-9-7-6-8-10-16/h6-10,13,17-20,32H,11-12H2,1-5H3,(H,24,29)(H,25,30)(H,26,31)/t17-,18-,19?,20?/m0/s1. The van der Waals surface area contributed by atoms with Crippen molar-refractivity contribution < 1.29 is 24.0 Å². The van der Waals surface area contributed by atoms with Gasteiger partial charge in [0.2, 0.25) is 17.7 Å². The van der Waals surface area contributed by atoms with E-state index in [2.05, 4.69) is 28.6 Å². The fourth-order valence-corrected chi connectivity index (χ4v) is 3.60. The van der Waals surface area contributed by atoms with Gasteiger partial charge in [0.25, 0.3) is 0 Å². The molecule has 0 aromatic heterocycles. The third kappa shape index (κ3) is 8.45. The summed E-state index contributed by atoms with van der Waals surface area (Å²) in [5, 5.41) is 6.73. The Morgan fingerprint density at radius 3 is 1.88 bits per heavy atom. The number of hydrogen-bond acceptors (Lipinski definition) is 6. The van der Waals surface area contributed by atoms with Crippen LogP contribution in [-0.4, -0.2) is 53.7 Å². The van der Waals surface area contributed by atoms with Crippen molar-refractivity contribution in [2.45, 2.75) is 57.9 Å². The molecule has 0 fully saturated rings. The van der Waals surface area contributed by atoms with Gasteiger partial charge in [0.1, 0.15) is 29.6 Å². The number of carbonyl (C=O) groups excluding carboxylic acids is 5. The summed E-state index contributed by atoms with van der Waals surface area (Å²) in [4.78, 5) is 61.9. The van der Waals surface area contributed by atoms with Crippen molar-refractivity contribution in [1.29, 1.82) is 0 Å². The molecule has 1 aromatic rings. The molecule has 2 unspecified atom stereocenters. The molecule has 0 radical (unpaired) electrons. The van der Waals surface area contributed by atoms with Crippen LogP contribution in [0.15, 0.2) is 30.3 Å². The molecule has 176 valence electrons. The Balaban J connectivity index is 3.06. The van der Waals surface area contributed by atoms with Crippen LogP contribution >= 0.6 is 12.6 Å². The summed E-state index contributed by atoms with van der Waals surface area (Å²) in [6.45, 7) is 6.21. The maximum Gasteiger partial charge on any atom is 0.243 e. The summed E-state index contributed by atoms with van der Waals surface area (Å²) in [6, 6.07) is 7.39. The van der Waals surface area contributed by atoms with Crippen LogP contribution in [0.4, 0.5) is 0 Å². The van der Waals surface area contributed by atoms with Gasteiger partial charge in [0.15, 0.2) is 0 Å². The highest BCUT2D eigenvalue weighted by Gasteiger charge is 2.36. The van der Waals surface area contributed by atoms with Crippen LogP contribution in [0, 0.1) is 11.8 Å². The second-order valence-corrected chi connectivity index (χ2v) is 8.76. The number of carbonyl (C=O) groups is 5. The van der Waals surface area contributed by atoms with Gasteiger partial charge in [-0.3, -0.25) is 24.0 Å². The van der Waals surface area contributed by atoms with E-state index in [-0.39, 0.29) is 24.7 Å². The smallest absolute Gasteiger partial charge is 0.243 e. The molecule has 1 rings (SSSR count). The average molecular weight is 464 g/mol. The summed E-state index contributed by atoms with van der Waals surface area (Å²) >= 11 is 4.11. The maximum atomic E-state index is 13.1. The molecule has 3 N–H and O–H groups in total. The topological polar surface area (TPSA) is 121 Å². The second kappa shape index (κ2) is 13.0. The minimum atomic E-state index is -1.31. The van der Waals surface area contributed by atoms with Gasteiger partial charge in [-0.25, -0.2) is 0 Å². The molecule has 8 nitrogen and oxygen atoms in total. The minimum Gasteiger partial charge on any atom is -0.357 e. The zero-order chi connectivity index (χ0) is 24.4. The molecule has 0 aliphatic rings. The first-order valence-corrected chi connectivity index (χ1v) is 11.0. The van der Waals surface area contributed by atoms with Crippen molar-refractivity contribution in [2.24, 2.45) is 11.8 Å².